The van der Waals surface area contributed by atoms with Crippen LogP contribution >= 0.6 is 11.3 Å². The summed E-state index contributed by atoms with van der Waals surface area (Å²) in [6.07, 6.45) is -3.77. The number of hydrogen-bond acceptors (Lipinski definition) is 5. The van der Waals surface area contributed by atoms with Crippen LogP contribution in [0.5, 0.6) is 5.75 Å². The number of anilines is 1. The number of benzene rings is 2. The number of carbonyl (C=O) groups is 1. The zero-order chi connectivity index (χ0) is 21.8. The fourth-order valence-electron chi connectivity index (χ4n) is 3.40. The maximum absolute atomic E-state index is 13.0. The molecule has 162 valence electrons. The largest absolute Gasteiger partial charge is 0.483 e. The van der Waals surface area contributed by atoms with E-state index in [0.717, 1.165) is 42.7 Å². The van der Waals surface area contributed by atoms with E-state index in [2.05, 4.69) is 27.3 Å². The molecule has 0 bridgehead atoms. The van der Waals surface area contributed by atoms with Gasteiger partial charge in [0.1, 0.15) is 5.75 Å². The van der Waals surface area contributed by atoms with Crippen LogP contribution in [0.4, 0.5) is 18.3 Å². The molecular weight excluding hydrogens is 427 g/mol. The van der Waals surface area contributed by atoms with E-state index in [-0.39, 0.29) is 5.75 Å². The average molecular weight is 447 g/mol. The minimum atomic E-state index is -4.55. The normalized spacial score (nSPS) is 14.2. The third-order valence-electron chi connectivity index (χ3n) is 4.86. The third-order valence-corrected chi connectivity index (χ3v) is 5.85. The molecule has 0 spiro atoms. The highest BCUT2D eigenvalue weighted by Crippen LogP contribution is 2.36. The number of hydrogen-bond donors (Lipinski definition) is 1. The molecule has 0 aliphatic carbocycles. The molecule has 1 amide bonds. The first-order valence-corrected chi connectivity index (χ1v) is 10.5. The lowest BCUT2D eigenvalue weighted by Crippen LogP contribution is -2.29. The van der Waals surface area contributed by atoms with E-state index in [1.807, 2.05) is 18.2 Å². The Hall–Kier alpha value is -2.91. The molecule has 2 heterocycles. The van der Waals surface area contributed by atoms with Crippen LogP contribution in [0.1, 0.15) is 21.7 Å². The molecule has 3 aromatic rings. The highest BCUT2D eigenvalue weighted by Gasteiger charge is 2.34. The number of amides is 1. The van der Waals surface area contributed by atoms with Gasteiger partial charge in [0, 0.05) is 30.9 Å². The van der Waals surface area contributed by atoms with Gasteiger partial charge >= 0.3 is 6.18 Å². The molecule has 2 aromatic carbocycles. The van der Waals surface area contributed by atoms with Crippen LogP contribution in [-0.4, -0.2) is 28.9 Å². The molecule has 1 aromatic heterocycles. The summed E-state index contributed by atoms with van der Waals surface area (Å²) in [6, 6.07) is 15.0. The molecule has 1 N–H and O–H groups in total. The topological polar surface area (TPSA) is 54.5 Å². The lowest BCUT2D eigenvalue weighted by Gasteiger charge is -2.25. The molecule has 0 radical (unpaired) electrons. The highest BCUT2D eigenvalue weighted by molar-refractivity contribution is 7.15. The summed E-state index contributed by atoms with van der Waals surface area (Å²) in [5.74, 6) is -0.927. The maximum Gasteiger partial charge on any atom is 0.419 e. The summed E-state index contributed by atoms with van der Waals surface area (Å²) in [4.78, 5) is 20.1. The number of ether oxygens (including phenoxy) is 1. The Kier molecular flexibility index (Phi) is 6.24. The van der Waals surface area contributed by atoms with Gasteiger partial charge in [-0.05, 0) is 17.7 Å². The standard InChI is InChI=1S/C22H20F3N3O2S/c23-22(24,25)16-8-4-5-9-18(16)30-14-20(29)27-21-26-17-10-11-28(13-19(17)31-21)12-15-6-2-1-3-7-15/h1-9H,10-14H2,(H,26,27,29). The van der Waals surface area contributed by atoms with Crippen LogP contribution in [-0.2, 0) is 30.5 Å². The van der Waals surface area contributed by atoms with E-state index in [4.69, 9.17) is 4.74 Å². The quantitative estimate of drug-likeness (QED) is 0.593. The number of thiazole rings is 1. The van der Waals surface area contributed by atoms with Crippen molar-refractivity contribution in [3.05, 3.63) is 76.3 Å². The second-order valence-electron chi connectivity index (χ2n) is 7.17. The van der Waals surface area contributed by atoms with Crippen LogP contribution in [0, 0.1) is 0 Å². The Morgan fingerprint density at radius 3 is 2.65 bits per heavy atom. The monoisotopic (exact) mass is 447 g/mol. The number of rotatable bonds is 6. The number of aromatic nitrogens is 1. The molecule has 0 fully saturated rings. The summed E-state index contributed by atoms with van der Waals surface area (Å²) in [7, 11) is 0. The fraction of sp³-hybridized carbons (Fsp3) is 0.273. The SMILES string of the molecule is O=C(COc1ccccc1C(F)(F)F)Nc1nc2c(s1)CN(Cc1ccccc1)CC2. The van der Waals surface area contributed by atoms with Crippen molar-refractivity contribution in [3.63, 3.8) is 0 Å². The molecule has 0 saturated carbocycles. The second kappa shape index (κ2) is 9.07. The molecule has 5 nitrogen and oxygen atoms in total. The van der Waals surface area contributed by atoms with Crippen molar-refractivity contribution in [2.75, 3.05) is 18.5 Å². The molecule has 9 heteroatoms. The zero-order valence-electron chi connectivity index (χ0n) is 16.5. The van der Waals surface area contributed by atoms with Crippen molar-refractivity contribution < 1.29 is 22.7 Å². The molecule has 31 heavy (non-hydrogen) atoms. The molecule has 1 aliphatic rings. The second-order valence-corrected chi connectivity index (χ2v) is 8.25. The van der Waals surface area contributed by atoms with Crippen molar-refractivity contribution in [3.8, 4) is 5.75 Å². The van der Waals surface area contributed by atoms with Gasteiger partial charge in [0.15, 0.2) is 11.7 Å². The first kappa shape index (κ1) is 21.3. The number of para-hydroxylation sites is 1. The number of carbonyl (C=O) groups excluding carboxylic acids is 1. The van der Waals surface area contributed by atoms with Gasteiger partial charge in [-0.15, -0.1) is 11.3 Å². The van der Waals surface area contributed by atoms with Gasteiger partial charge in [-0.1, -0.05) is 42.5 Å². The first-order valence-electron chi connectivity index (χ1n) is 9.72. The van der Waals surface area contributed by atoms with Gasteiger partial charge in [0.2, 0.25) is 0 Å². The summed E-state index contributed by atoms with van der Waals surface area (Å²) in [5, 5.41) is 3.07. The van der Waals surface area contributed by atoms with Crippen molar-refractivity contribution in [2.24, 2.45) is 0 Å². The van der Waals surface area contributed by atoms with Gasteiger partial charge in [-0.2, -0.15) is 13.2 Å². The van der Waals surface area contributed by atoms with Crippen molar-refractivity contribution in [2.45, 2.75) is 25.7 Å². The smallest absolute Gasteiger partial charge is 0.419 e. The number of halogens is 3. The van der Waals surface area contributed by atoms with E-state index >= 15 is 0 Å². The Bertz CT molecular complexity index is 1050. The minimum Gasteiger partial charge on any atom is -0.483 e. The van der Waals surface area contributed by atoms with Gasteiger partial charge < -0.3 is 4.74 Å². The summed E-state index contributed by atoms with van der Waals surface area (Å²) in [6.45, 7) is 1.92. The molecule has 4 rings (SSSR count). The molecule has 1 aliphatic heterocycles. The predicted octanol–water partition coefficient (Wildman–Crippen LogP) is 4.74. The van der Waals surface area contributed by atoms with Crippen molar-refractivity contribution in [1.29, 1.82) is 0 Å². The predicted molar refractivity (Wildman–Crippen MR) is 112 cm³/mol. The van der Waals surface area contributed by atoms with E-state index < -0.39 is 24.3 Å². The average Bonchev–Trinajstić information content (AvgIpc) is 3.14. The van der Waals surface area contributed by atoms with Gasteiger partial charge in [0.05, 0.1) is 11.3 Å². The van der Waals surface area contributed by atoms with Gasteiger partial charge in [-0.25, -0.2) is 4.98 Å². The Balaban J connectivity index is 1.34. The van der Waals surface area contributed by atoms with Crippen LogP contribution in [0.15, 0.2) is 54.6 Å². The van der Waals surface area contributed by atoms with Crippen molar-refractivity contribution >= 4 is 22.4 Å². The van der Waals surface area contributed by atoms with Crippen LogP contribution in [0.25, 0.3) is 0 Å². The number of nitrogens with zero attached hydrogens (tertiary/aromatic N) is 2. The Labute approximate surface area is 181 Å². The van der Waals surface area contributed by atoms with E-state index in [1.165, 1.54) is 35.1 Å². The molecule has 0 atom stereocenters. The molecule has 0 unspecified atom stereocenters. The summed E-state index contributed by atoms with van der Waals surface area (Å²) >= 11 is 1.39. The Morgan fingerprint density at radius 1 is 1.13 bits per heavy atom. The lowest BCUT2D eigenvalue weighted by molar-refractivity contribution is -0.139. The minimum absolute atomic E-state index is 0.375. The Morgan fingerprint density at radius 2 is 1.87 bits per heavy atom. The van der Waals surface area contributed by atoms with Crippen LogP contribution in [0.2, 0.25) is 0 Å². The van der Waals surface area contributed by atoms with E-state index in [9.17, 15) is 18.0 Å². The van der Waals surface area contributed by atoms with Gasteiger partial charge in [-0.3, -0.25) is 15.0 Å². The number of fused-ring (bicyclic) bond motifs is 1. The van der Waals surface area contributed by atoms with Crippen molar-refractivity contribution in [1.82, 2.24) is 9.88 Å². The molecular formula is C22H20F3N3O2S. The van der Waals surface area contributed by atoms with Crippen LogP contribution in [0.3, 0.4) is 0 Å². The van der Waals surface area contributed by atoms with Gasteiger partial charge in [0.25, 0.3) is 5.91 Å². The number of nitrogens with one attached hydrogen (secondary N) is 1. The maximum atomic E-state index is 13.0. The third kappa shape index (κ3) is 5.42. The lowest BCUT2D eigenvalue weighted by atomic mass is 10.1. The fourth-order valence-corrected chi connectivity index (χ4v) is 4.47. The van der Waals surface area contributed by atoms with E-state index in [1.54, 1.807) is 0 Å². The first-order chi connectivity index (χ1) is 14.9. The number of alkyl halides is 3. The van der Waals surface area contributed by atoms with E-state index in [0.29, 0.717) is 5.13 Å². The van der Waals surface area contributed by atoms with Crippen LogP contribution < -0.4 is 10.1 Å². The molecule has 0 saturated heterocycles. The zero-order valence-corrected chi connectivity index (χ0v) is 17.3. The summed E-state index contributed by atoms with van der Waals surface area (Å²) < 4.78 is 44.2. The highest BCUT2D eigenvalue weighted by atomic mass is 32.1. The summed E-state index contributed by atoms with van der Waals surface area (Å²) in [5.41, 5.74) is 1.28.